The number of hydrogen-bond donors (Lipinski definition) is 0. The number of ether oxygens (including phenoxy) is 1. The lowest BCUT2D eigenvalue weighted by molar-refractivity contribution is -0.520. The molecule has 5 heteroatoms. The summed E-state index contributed by atoms with van der Waals surface area (Å²) in [6.45, 7) is 1.72. The molecule has 0 radical (unpaired) electrons. The van der Waals surface area contributed by atoms with Crippen LogP contribution in [0.25, 0.3) is 0 Å². The third kappa shape index (κ3) is 4.66. The van der Waals surface area contributed by atoms with Gasteiger partial charge in [0, 0.05) is 24.7 Å². The van der Waals surface area contributed by atoms with E-state index < -0.39 is 6.04 Å². The summed E-state index contributed by atoms with van der Waals surface area (Å²) < 4.78 is 4.62. The fraction of sp³-hybridized carbons (Fsp3) is 0.722. The number of nitro groups is 1. The van der Waals surface area contributed by atoms with Gasteiger partial charge < -0.3 is 4.74 Å². The van der Waals surface area contributed by atoms with Crippen LogP contribution in [0, 0.1) is 33.8 Å². The zero-order valence-corrected chi connectivity index (χ0v) is 14.0. The third-order valence-corrected chi connectivity index (χ3v) is 5.33. The molecule has 0 aromatic carbocycles. The summed E-state index contributed by atoms with van der Waals surface area (Å²) in [4.78, 5) is 21.8. The second-order valence-electron chi connectivity index (χ2n) is 6.82. The summed E-state index contributed by atoms with van der Waals surface area (Å²) >= 11 is 0. The van der Waals surface area contributed by atoms with E-state index in [1.807, 2.05) is 0 Å². The van der Waals surface area contributed by atoms with E-state index in [1.165, 1.54) is 7.11 Å². The van der Waals surface area contributed by atoms with Gasteiger partial charge in [-0.05, 0) is 49.4 Å². The molecule has 0 aliphatic heterocycles. The van der Waals surface area contributed by atoms with Crippen molar-refractivity contribution in [1.82, 2.24) is 0 Å². The van der Waals surface area contributed by atoms with Crippen molar-refractivity contribution in [3.63, 3.8) is 0 Å². The Bertz CT molecular complexity index is 485. The Balaban J connectivity index is 1.79. The van der Waals surface area contributed by atoms with Gasteiger partial charge in [0.2, 0.25) is 6.04 Å². The molecule has 23 heavy (non-hydrogen) atoms. The highest BCUT2D eigenvalue weighted by Crippen LogP contribution is 2.51. The molecule has 0 aromatic rings. The maximum atomic E-state index is 11.0. The molecule has 2 bridgehead atoms. The summed E-state index contributed by atoms with van der Waals surface area (Å²) in [6.07, 6.45) is 13.9. The van der Waals surface area contributed by atoms with E-state index in [2.05, 4.69) is 29.0 Å². The smallest absolute Gasteiger partial charge is 0.305 e. The highest BCUT2D eigenvalue weighted by molar-refractivity contribution is 5.69. The molecule has 2 rings (SSSR count). The Morgan fingerprint density at radius 1 is 1.35 bits per heavy atom. The van der Waals surface area contributed by atoms with Crippen LogP contribution in [0.15, 0.2) is 24.3 Å². The lowest BCUT2D eigenvalue weighted by Crippen LogP contribution is -2.26. The lowest BCUT2D eigenvalue weighted by atomic mass is 9.77. The zero-order valence-electron chi connectivity index (χ0n) is 14.0. The van der Waals surface area contributed by atoms with E-state index in [9.17, 15) is 14.9 Å². The SMILES string of the molecule is COC(=O)CCCC=CCC1C2C=CC(C2)C1CC(C)[N+](=O)[O-]. The van der Waals surface area contributed by atoms with Gasteiger partial charge >= 0.3 is 5.97 Å². The molecular formula is C18H27NO4. The van der Waals surface area contributed by atoms with Gasteiger partial charge in [0.15, 0.2) is 0 Å². The Kier molecular flexibility index (Phi) is 6.37. The van der Waals surface area contributed by atoms with E-state index in [-0.39, 0.29) is 10.9 Å². The molecule has 0 saturated heterocycles. The average molecular weight is 321 g/mol. The van der Waals surface area contributed by atoms with Crippen LogP contribution in [0.5, 0.6) is 0 Å². The maximum Gasteiger partial charge on any atom is 0.305 e. The van der Waals surface area contributed by atoms with Gasteiger partial charge in [0.25, 0.3) is 0 Å². The summed E-state index contributed by atoms with van der Waals surface area (Å²) in [5.41, 5.74) is 0. The van der Waals surface area contributed by atoms with Crippen LogP contribution in [-0.4, -0.2) is 24.0 Å². The molecule has 5 unspecified atom stereocenters. The van der Waals surface area contributed by atoms with Crippen LogP contribution in [0.3, 0.4) is 0 Å². The first-order valence-electron chi connectivity index (χ1n) is 8.56. The van der Waals surface area contributed by atoms with Crippen LogP contribution in [0.2, 0.25) is 0 Å². The number of fused-ring (bicyclic) bond motifs is 2. The molecule has 128 valence electrons. The van der Waals surface area contributed by atoms with Crippen molar-refractivity contribution in [3.8, 4) is 0 Å². The first kappa shape index (κ1) is 17.7. The minimum Gasteiger partial charge on any atom is -0.469 e. The van der Waals surface area contributed by atoms with Gasteiger partial charge in [0.1, 0.15) is 0 Å². The van der Waals surface area contributed by atoms with Gasteiger partial charge in [-0.2, -0.15) is 0 Å². The minimum absolute atomic E-state index is 0.157. The summed E-state index contributed by atoms with van der Waals surface area (Å²) in [6, 6.07) is -0.459. The molecule has 2 aliphatic rings. The van der Waals surface area contributed by atoms with Crippen LogP contribution >= 0.6 is 0 Å². The van der Waals surface area contributed by atoms with Gasteiger partial charge in [-0.15, -0.1) is 0 Å². The Hall–Kier alpha value is -1.65. The fourth-order valence-corrected chi connectivity index (χ4v) is 4.04. The Morgan fingerprint density at radius 2 is 2.04 bits per heavy atom. The highest BCUT2D eigenvalue weighted by Gasteiger charge is 2.45. The van der Waals surface area contributed by atoms with E-state index >= 15 is 0 Å². The topological polar surface area (TPSA) is 69.4 Å². The first-order valence-corrected chi connectivity index (χ1v) is 8.56. The predicted octanol–water partition coefficient (Wildman–Crippen LogP) is 3.77. The quantitative estimate of drug-likeness (QED) is 0.213. The number of unbranched alkanes of at least 4 members (excludes halogenated alkanes) is 1. The number of hydrogen-bond acceptors (Lipinski definition) is 4. The van der Waals surface area contributed by atoms with Gasteiger partial charge in [-0.25, -0.2) is 0 Å². The summed E-state index contributed by atoms with van der Waals surface area (Å²) in [5.74, 6) is 1.92. The second kappa shape index (κ2) is 8.27. The monoisotopic (exact) mass is 321 g/mol. The summed E-state index contributed by atoms with van der Waals surface area (Å²) in [7, 11) is 1.41. The van der Waals surface area contributed by atoms with E-state index in [4.69, 9.17) is 0 Å². The van der Waals surface area contributed by atoms with Gasteiger partial charge in [-0.1, -0.05) is 24.3 Å². The molecule has 1 saturated carbocycles. The van der Waals surface area contributed by atoms with Crippen molar-refractivity contribution in [3.05, 3.63) is 34.4 Å². The minimum atomic E-state index is -0.459. The second-order valence-corrected chi connectivity index (χ2v) is 6.82. The number of nitrogens with zero attached hydrogens (tertiary/aromatic N) is 1. The van der Waals surface area contributed by atoms with Crippen molar-refractivity contribution < 1.29 is 14.5 Å². The van der Waals surface area contributed by atoms with E-state index in [0.717, 1.165) is 25.7 Å². The van der Waals surface area contributed by atoms with Crippen LogP contribution in [0.4, 0.5) is 0 Å². The van der Waals surface area contributed by atoms with E-state index in [1.54, 1.807) is 6.92 Å². The van der Waals surface area contributed by atoms with Crippen LogP contribution in [-0.2, 0) is 9.53 Å². The first-order chi connectivity index (χ1) is 11.0. The molecule has 0 N–H and O–H groups in total. The van der Waals surface area contributed by atoms with E-state index in [0.29, 0.717) is 36.5 Å². The molecule has 5 nitrogen and oxygen atoms in total. The molecule has 1 fully saturated rings. The Labute approximate surface area is 137 Å². The molecule has 0 amide bonds. The van der Waals surface area contributed by atoms with Crippen molar-refractivity contribution in [2.24, 2.45) is 23.7 Å². The third-order valence-electron chi connectivity index (χ3n) is 5.33. The molecule has 0 aromatic heterocycles. The van der Waals surface area contributed by atoms with Crippen LogP contribution < -0.4 is 0 Å². The van der Waals surface area contributed by atoms with Crippen molar-refractivity contribution in [2.75, 3.05) is 7.11 Å². The predicted molar refractivity (Wildman–Crippen MR) is 88.4 cm³/mol. The van der Waals surface area contributed by atoms with Crippen molar-refractivity contribution in [1.29, 1.82) is 0 Å². The summed E-state index contributed by atoms with van der Waals surface area (Å²) in [5, 5.41) is 10.9. The number of esters is 1. The van der Waals surface area contributed by atoms with Crippen molar-refractivity contribution in [2.45, 2.75) is 51.5 Å². The largest absolute Gasteiger partial charge is 0.469 e. The number of rotatable bonds is 9. The maximum absolute atomic E-state index is 11.0. The fourth-order valence-electron chi connectivity index (χ4n) is 4.04. The molecule has 2 aliphatic carbocycles. The molecule has 0 spiro atoms. The lowest BCUT2D eigenvalue weighted by Gasteiger charge is -2.27. The van der Waals surface area contributed by atoms with Crippen LogP contribution in [0.1, 0.15) is 45.4 Å². The zero-order chi connectivity index (χ0) is 16.8. The number of methoxy groups -OCH3 is 1. The normalized spacial score (nSPS) is 30.0. The number of allylic oxidation sites excluding steroid dienone is 4. The molecule has 0 heterocycles. The molecule has 5 atom stereocenters. The standard InChI is InChI=1S/C18H27NO4/c1-13(19(21)22)11-17-15-10-9-14(12-15)16(17)7-5-3-4-6-8-18(20)23-2/h3,5,9-10,13-17H,4,6-8,11-12H2,1-2H3. The number of carbonyl (C=O) groups is 1. The highest BCUT2D eigenvalue weighted by atomic mass is 16.6. The van der Waals surface area contributed by atoms with Gasteiger partial charge in [0.05, 0.1) is 7.11 Å². The van der Waals surface area contributed by atoms with Crippen molar-refractivity contribution >= 4 is 5.97 Å². The Morgan fingerprint density at radius 3 is 2.70 bits per heavy atom. The number of carbonyl (C=O) groups excluding carboxylic acids is 1. The van der Waals surface area contributed by atoms with Gasteiger partial charge in [-0.3, -0.25) is 14.9 Å². The average Bonchev–Trinajstić information content (AvgIpc) is 3.12. The molecular weight excluding hydrogens is 294 g/mol.